The number of tetrazole rings is 1. The van der Waals surface area contributed by atoms with E-state index in [1.807, 2.05) is 13.8 Å². The van der Waals surface area contributed by atoms with Crippen LogP contribution >= 0.6 is 0 Å². The lowest BCUT2D eigenvalue weighted by Crippen LogP contribution is -2.24. The summed E-state index contributed by atoms with van der Waals surface area (Å²) >= 11 is 0. The summed E-state index contributed by atoms with van der Waals surface area (Å²) in [5, 5.41) is 17.9. The first kappa shape index (κ1) is 16.7. The summed E-state index contributed by atoms with van der Waals surface area (Å²) < 4.78 is 17.4. The minimum absolute atomic E-state index is 0.00712. The van der Waals surface area contributed by atoms with Crippen molar-refractivity contribution in [1.29, 1.82) is 0 Å². The summed E-state index contributed by atoms with van der Waals surface area (Å²) in [4.78, 5) is 16.0. The van der Waals surface area contributed by atoms with E-state index in [1.165, 1.54) is 34.2 Å². The fraction of sp³-hybridized carbons (Fsp3) is 0.333. The minimum atomic E-state index is -0.571. The maximum atomic E-state index is 14.5. The molecule has 0 aliphatic carbocycles. The number of carbonyl (C=O) groups is 1. The second-order valence-electron chi connectivity index (χ2n) is 5.78. The molecule has 0 bridgehead atoms. The van der Waals surface area contributed by atoms with Gasteiger partial charge in [-0.1, -0.05) is 0 Å². The molecule has 1 amide bonds. The van der Waals surface area contributed by atoms with Crippen molar-refractivity contribution in [3.63, 3.8) is 0 Å². The molecular weight excluding hydrogens is 327 g/mol. The van der Waals surface area contributed by atoms with Crippen LogP contribution in [0.25, 0.3) is 11.4 Å². The molecule has 3 aromatic rings. The summed E-state index contributed by atoms with van der Waals surface area (Å²) in [7, 11) is 0. The van der Waals surface area contributed by atoms with E-state index < -0.39 is 11.9 Å². The molecule has 0 aliphatic rings. The van der Waals surface area contributed by atoms with Crippen LogP contribution in [0.5, 0.6) is 0 Å². The third-order valence-electron chi connectivity index (χ3n) is 3.67. The first-order chi connectivity index (χ1) is 12.0. The van der Waals surface area contributed by atoms with Gasteiger partial charge in [0.15, 0.2) is 5.82 Å². The Morgan fingerprint density at radius 2 is 2.08 bits per heavy atom. The molecule has 10 heteroatoms. The number of amides is 1. The second-order valence-corrected chi connectivity index (χ2v) is 5.78. The first-order valence-corrected chi connectivity index (χ1v) is 7.70. The van der Waals surface area contributed by atoms with Gasteiger partial charge in [-0.3, -0.25) is 4.79 Å². The van der Waals surface area contributed by atoms with Gasteiger partial charge in [0.1, 0.15) is 24.5 Å². The molecule has 130 valence electrons. The Balaban J connectivity index is 1.80. The molecule has 2 aromatic heterocycles. The fourth-order valence-corrected chi connectivity index (χ4v) is 2.28. The number of hydrogen-bond acceptors (Lipinski definition) is 6. The van der Waals surface area contributed by atoms with Gasteiger partial charge in [-0.05, 0) is 49.4 Å². The predicted octanol–water partition coefficient (Wildman–Crippen LogP) is 1.85. The van der Waals surface area contributed by atoms with Crippen molar-refractivity contribution >= 4 is 11.6 Å². The SMILES string of the molecule is CC(C)n1nnnc1-c1ccc(NC(=O)[C@H](C)n2cncn2)cc1F. The number of aromatic nitrogens is 7. The van der Waals surface area contributed by atoms with Crippen LogP contribution < -0.4 is 5.32 Å². The van der Waals surface area contributed by atoms with E-state index in [4.69, 9.17) is 0 Å². The molecule has 0 unspecified atom stereocenters. The number of nitrogens with one attached hydrogen (secondary N) is 1. The molecule has 2 heterocycles. The highest BCUT2D eigenvalue weighted by molar-refractivity contribution is 5.93. The number of rotatable bonds is 5. The molecule has 25 heavy (non-hydrogen) atoms. The summed E-state index contributed by atoms with van der Waals surface area (Å²) in [6.07, 6.45) is 2.79. The summed E-state index contributed by atoms with van der Waals surface area (Å²) in [6, 6.07) is 3.80. The van der Waals surface area contributed by atoms with Gasteiger partial charge in [0, 0.05) is 5.69 Å². The second kappa shape index (κ2) is 6.75. The number of benzene rings is 1. The van der Waals surface area contributed by atoms with E-state index in [0.717, 1.165) is 0 Å². The van der Waals surface area contributed by atoms with Crippen LogP contribution in [0.3, 0.4) is 0 Å². The van der Waals surface area contributed by atoms with Gasteiger partial charge in [-0.2, -0.15) is 5.10 Å². The van der Waals surface area contributed by atoms with E-state index in [0.29, 0.717) is 11.5 Å². The predicted molar refractivity (Wildman–Crippen MR) is 87.0 cm³/mol. The Morgan fingerprint density at radius 3 is 2.72 bits per heavy atom. The van der Waals surface area contributed by atoms with Crippen molar-refractivity contribution in [2.24, 2.45) is 0 Å². The summed E-state index contributed by atoms with van der Waals surface area (Å²) in [5.41, 5.74) is 0.600. The Morgan fingerprint density at radius 1 is 1.28 bits per heavy atom. The molecule has 0 saturated heterocycles. The quantitative estimate of drug-likeness (QED) is 0.757. The van der Waals surface area contributed by atoms with Gasteiger partial charge in [-0.15, -0.1) is 5.10 Å². The number of halogens is 1. The number of anilines is 1. The third-order valence-corrected chi connectivity index (χ3v) is 3.67. The molecule has 0 aliphatic heterocycles. The number of carbonyl (C=O) groups excluding carboxylic acids is 1. The lowest BCUT2D eigenvalue weighted by molar-refractivity contribution is -0.119. The van der Waals surface area contributed by atoms with E-state index >= 15 is 0 Å². The standard InChI is InChI=1S/C15H17FN8O/c1-9(2)24-14(20-21-22-24)12-5-4-11(6-13(12)16)19-15(25)10(3)23-8-17-7-18-23/h4-10H,1-3H3,(H,19,25)/t10-/m0/s1. The highest BCUT2D eigenvalue weighted by atomic mass is 19.1. The molecular formula is C15H17FN8O. The van der Waals surface area contributed by atoms with Gasteiger partial charge in [-0.25, -0.2) is 18.7 Å². The molecule has 0 radical (unpaired) electrons. The van der Waals surface area contributed by atoms with Crippen molar-refractivity contribution in [2.75, 3.05) is 5.32 Å². The lowest BCUT2D eigenvalue weighted by atomic mass is 10.1. The Kier molecular flexibility index (Phi) is 4.50. The molecule has 1 N–H and O–H groups in total. The van der Waals surface area contributed by atoms with E-state index in [1.54, 1.807) is 13.0 Å². The van der Waals surface area contributed by atoms with Gasteiger partial charge in [0.2, 0.25) is 5.91 Å². The zero-order valence-electron chi connectivity index (χ0n) is 14.0. The van der Waals surface area contributed by atoms with E-state index in [-0.39, 0.29) is 17.5 Å². The zero-order chi connectivity index (χ0) is 18.0. The summed E-state index contributed by atoms with van der Waals surface area (Å²) in [5.74, 6) is -0.520. The van der Waals surface area contributed by atoms with Crippen molar-refractivity contribution in [1.82, 2.24) is 35.0 Å². The van der Waals surface area contributed by atoms with Crippen LogP contribution in [0.2, 0.25) is 0 Å². The first-order valence-electron chi connectivity index (χ1n) is 7.70. The maximum Gasteiger partial charge on any atom is 0.249 e. The molecule has 0 saturated carbocycles. The van der Waals surface area contributed by atoms with Crippen LogP contribution in [-0.4, -0.2) is 40.9 Å². The number of nitrogens with zero attached hydrogens (tertiary/aromatic N) is 7. The van der Waals surface area contributed by atoms with Crippen LogP contribution in [0.15, 0.2) is 30.9 Å². The van der Waals surface area contributed by atoms with Crippen molar-refractivity contribution in [3.05, 3.63) is 36.7 Å². The van der Waals surface area contributed by atoms with Crippen LogP contribution in [-0.2, 0) is 4.79 Å². The van der Waals surface area contributed by atoms with Crippen molar-refractivity contribution < 1.29 is 9.18 Å². The average Bonchev–Trinajstić information content (AvgIpc) is 3.25. The Hall–Kier alpha value is -3.17. The van der Waals surface area contributed by atoms with Crippen molar-refractivity contribution in [2.45, 2.75) is 32.9 Å². The smallest absolute Gasteiger partial charge is 0.249 e. The fourth-order valence-electron chi connectivity index (χ4n) is 2.28. The van der Waals surface area contributed by atoms with Crippen molar-refractivity contribution in [3.8, 4) is 11.4 Å². The van der Waals surface area contributed by atoms with E-state index in [2.05, 4.69) is 30.9 Å². The Bertz CT molecular complexity index is 874. The summed E-state index contributed by atoms with van der Waals surface area (Å²) in [6.45, 7) is 5.47. The van der Waals surface area contributed by atoms with Crippen LogP contribution in [0.1, 0.15) is 32.9 Å². The molecule has 0 spiro atoms. The highest BCUT2D eigenvalue weighted by Gasteiger charge is 2.18. The van der Waals surface area contributed by atoms with Crippen LogP contribution in [0, 0.1) is 5.82 Å². The van der Waals surface area contributed by atoms with Crippen LogP contribution in [0.4, 0.5) is 10.1 Å². The normalized spacial score (nSPS) is 12.4. The average molecular weight is 344 g/mol. The molecule has 0 fully saturated rings. The van der Waals surface area contributed by atoms with E-state index in [9.17, 15) is 9.18 Å². The Labute approximate surface area is 142 Å². The molecule has 9 nitrogen and oxygen atoms in total. The van der Waals surface area contributed by atoms with Gasteiger partial charge < -0.3 is 5.32 Å². The monoisotopic (exact) mass is 344 g/mol. The molecule has 1 aromatic carbocycles. The minimum Gasteiger partial charge on any atom is -0.324 e. The van der Waals surface area contributed by atoms with Gasteiger partial charge >= 0.3 is 0 Å². The third kappa shape index (κ3) is 3.37. The molecule has 3 rings (SSSR count). The molecule has 1 atom stereocenters. The highest BCUT2D eigenvalue weighted by Crippen LogP contribution is 2.25. The largest absolute Gasteiger partial charge is 0.324 e. The topological polar surface area (TPSA) is 103 Å². The maximum absolute atomic E-state index is 14.5. The zero-order valence-corrected chi connectivity index (χ0v) is 14.0. The number of hydrogen-bond donors (Lipinski definition) is 1. The van der Waals surface area contributed by atoms with Gasteiger partial charge in [0.25, 0.3) is 0 Å². The lowest BCUT2D eigenvalue weighted by Gasteiger charge is -2.13. The van der Waals surface area contributed by atoms with Gasteiger partial charge in [0.05, 0.1) is 11.6 Å².